The quantitative estimate of drug-likeness (QED) is 0.580. The number of anilines is 1. The maximum atomic E-state index is 12.4. The van der Waals surface area contributed by atoms with Crippen LogP contribution in [-0.2, 0) is 10.0 Å². The van der Waals surface area contributed by atoms with Crippen molar-refractivity contribution in [2.45, 2.75) is 24.9 Å². The van der Waals surface area contributed by atoms with Crippen molar-refractivity contribution in [1.29, 1.82) is 0 Å². The first-order chi connectivity index (χ1) is 13.5. The topological polar surface area (TPSA) is 101 Å². The molecule has 0 radical (unpaired) electrons. The van der Waals surface area contributed by atoms with Gasteiger partial charge in [0.25, 0.3) is 0 Å². The van der Waals surface area contributed by atoms with Crippen LogP contribution in [0.25, 0.3) is 22.4 Å². The first-order valence-electron chi connectivity index (χ1n) is 8.55. The molecule has 0 bridgehead atoms. The van der Waals surface area contributed by atoms with E-state index in [1.807, 2.05) is 19.1 Å². The predicted molar refractivity (Wildman–Crippen MR) is 105 cm³/mol. The van der Waals surface area contributed by atoms with E-state index >= 15 is 0 Å². The van der Waals surface area contributed by atoms with Crippen molar-refractivity contribution in [2.75, 3.05) is 12.3 Å². The first-order valence-corrected chi connectivity index (χ1v) is 10.0. The number of alkyl halides is 3. The molecule has 3 rings (SSSR count). The number of halogens is 3. The minimum absolute atomic E-state index is 0.267. The molecule has 0 atom stereocenters. The molecule has 4 N–H and O–H groups in total. The summed E-state index contributed by atoms with van der Waals surface area (Å²) < 4.78 is 63.3. The molecular weight excluding hydrogens is 405 g/mol. The molecule has 0 unspecified atom stereocenters. The SMILES string of the molecule is Cc1ccc(-c2cc(-c3cc(S(=O)(=O)NCC(F)(F)F)ccc3C)cnc2N)[nH]1. The van der Waals surface area contributed by atoms with Gasteiger partial charge in [0.15, 0.2) is 0 Å². The Kier molecular flexibility index (Phi) is 5.42. The number of hydrogen-bond acceptors (Lipinski definition) is 4. The number of nitrogens with zero attached hydrogens (tertiary/aromatic N) is 1. The molecule has 154 valence electrons. The molecule has 0 fully saturated rings. The molecule has 6 nitrogen and oxygen atoms in total. The van der Waals surface area contributed by atoms with Crippen molar-refractivity contribution < 1.29 is 21.6 Å². The van der Waals surface area contributed by atoms with Crippen LogP contribution in [-0.4, -0.2) is 31.1 Å². The van der Waals surface area contributed by atoms with Gasteiger partial charge < -0.3 is 10.7 Å². The average molecular weight is 424 g/mol. The highest BCUT2D eigenvalue weighted by molar-refractivity contribution is 7.89. The second kappa shape index (κ2) is 7.53. The van der Waals surface area contributed by atoms with Crippen molar-refractivity contribution >= 4 is 15.8 Å². The number of sulfonamides is 1. The number of aromatic amines is 1. The van der Waals surface area contributed by atoms with Crippen molar-refractivity contribution in [1.82, 2.24) is 14.7 Å². The number of nitrogens with two attached hydrogens (primary N) is 1. The fraction of sp³-hybridized carbons (Fsp3) is 0.211. The van der Waals surface area contributed by atoms with Gasteiger partial charge in [-0.15, -0.1) is 0 Å². The third-order valence-electron chi connectivity index (χ3n) is 4.33. The van der Waals surface area contributed by atoms with Gasteiger partial charge in [0.1, 0.15) is 12.4 Å². The van der Waals surface area contributed by atoms with Crippen LogP contribution in [0, 0.1) is 13.8 Å². The summed E-state index contributed by atoms with van der Waals surface area (Å²) in [6, 6.07) is 9.61. The number of rotatable bonds is 5. The van der Waals surface area contributed by atoms with Gasteiger partial charge in [0.2, 0.25) is 10.0 Å². The van der Waals surface area contributed by atoms with E-state index in [1.165, 1.54) is 24.4 Å². The van der Waals surface area contributed by atoms with E-state index in [9.17, 15) is 21.6 Å². The highest BCUT2D eigenvalue weighted by Crippen LogP contribution is 2.32. The minimum atomic E-state index is -4.65. The molecule has 0 aliphatic heterocycles. The maximum Gasteiger partial charge on any atom is 0.402 e. The number of hydrogen-bond donors (Lipinski definition) is 3. The lowest BCUT2D eigenvalue weighted by atomic mass is 10.00. The summed E-state index contributed by atoms with van der Waals surface area (Å²) in [5.41, 5.74) is 10.2. The van der Waals surface area contributed by atoms with E-state index in [-0.39, 0.29) is 4.90 Å². The van der Waals surface area contributed by atoms with Crippen LogP contribution < -0.4 is 10.5 Å². The minimum Gasteiger partial charge on any atom is -0.383 e. The monoisotopic (exact) mass is 424 g/mol. The van der Waals surface area contributed by atoms with Crippen LogP contribution in [0.5, 0.6) is 0 Å². The lowest BCUT2D eigenvalue weighted by Crippen LogP contribution is -2.33. The van der Waals surface area contributed by atoms with E-state index in [4.69, 9.17) is 5.73 Å². The molecule has 1 aromatic carbocycles. The summed E-state index contributed by atoms with van der Waals surface area (Å²) >= 11 is 0. The Labute approximate surface area is 166 Å². The standard InChI is InChI=1S/C19H19F3N4O2S/c1-11-3-5-14(29(27,28)25-10-19(20,21)22)8-15(11)13-7-16(18(23)24-9-13)17-6-4-12(2)26-17/h3-9,25-26H,10H2,1-2H3,(H2,23,24). The van der Waals surface area contributed by atoms with E-state index in [0.717, 1.165) is 17.0 Å². The van der Waals surface area contributed by atoms with E-state index < -0.39 is 22.7 Å². The third kappa shape index (κ3) is 4.77. The zero-order chi connectivity index (χ0) is 21.4. The van der Waals surface area contributed by atoms with Crippen LogP contribution in [0.1, 0.15) is 11.3 Å². The number of nitrogens with one attached hydrogen (secondary N) is 2. The molecule has 0 aliphatic rings. The highest BCUT2D eigenvalue weighted by Gasteiger charge is 2.30. The summed E-state index contributed by atoms with van der Waals surface area (Å²) in [6.45, 7) is 2.02. The second-order valence-electron chi connectivity index (χ2n) is 6.63. The van der Waals surface area contributed by atoms with E-state index in [0.29, 0.717) is 22.5 Å². The number of aromatic nitrogens is 2. The Balaban J connectivity index is 2.03. The summed E-state index contributed by atoms with van der Waals surface area (Å²) in [6.07, 6.45) is -3.15. The molecule has 2 aromatic heterocycles. The second-order valence-corrected chi connectivity index (χ2v) is 8.40. The van der Waals surface area contributed by atoms with Gasteiger partial charge in [0.05, 0.1) is 4.90 Å². The first kappa shape index (κ1) is 20.9. The molecule has 10 heteroatoms. The van der Waals surface area contributed by atoms with Gasteiger partial charge in [-0.3, -0.25) is 0 Å². The Bertz CT molecular complexity index is 1150. The number of nitrogen functional groups attached to an aromatic ring is 1. The number of benzene rings is 1. The predicted octanol–water partition coefficient (Wildman–Crippen LogP) is 3.78. The highest BCUT2D eigenvalue weighted by atomic mass is 32.2. The molecular formula is C19H19F3N4O2S. The normalized spacial score (nSPS) is 12.3. The van der Waals surface area contributed by atoms with Gasteiger partial charge in [-0.25, -0.2) is 18.1 Å². The Hall–Kier alpha value is -2.85. The zero-order valence-corrected chi connectivity index (χ0v) is 16.4. The summed E-state index contributed by atoms with van der Waals surface area (Å²) in [4.78, 5) is 7.08. The summed E-state index contributed by atoms with van der Waals surface area (Å²) in [7, 11) is -4.33. The lowest BCUT2D eigenvalue weighted by Gasteiger charge is -2.13. The van der Waals surface area contributed by atoms with Crippen molar-refractivity contribution in [3.8, 4) is 22.4 Å². The lowest BCUT2D eigenvalue weighted by molar-refractivity contribution is -0.121. The molecule has 0 spiro atoms. The van der Waals surface area contributed by atoms with Crippen molar-refractivity contribution in [3.63, 3.8) is 0 Å². The molecule has 2 heterocycles. The van der Waals surface area contributed by atoms with Crippen LogP contribution >= 0.6 is 0 Å². The third-order valence-corrected chi connectivity index (χ3v) is 5.73. The van der Waals surface area contributed by atoms with E-state index in [2.05, 4.69) is 9.97 Å². The van der Waals surface area contributed by atoms with Gasteiger partial charge in [0, 0.05) is 28.7 Å². The fourth-order valence-electron chi connectivity index (χ4n) is 2.84. The largest absolute Gasteiger partial charge is 0.402 e. The molecule has 3 aromatic rings. The van der Waals surface area contributed by atoms with Gasteiger partial charge in [-0.2, -0.15) is 13.2 Å². The summed E-state index contributed by atoms with van der Waals surface area (Å²) in [5.74, 6) is 0.295. The Morgan fingerprint density at radius 3 is 2.45 bits per heavy atom. The van der Waals surface area contributed by atoms with Gasteiger partial charge in [-0.05, 0) is 55.3 Å². The zero-order valence-electron chi connectivity index (χ0n) is 15.6. The van der Waals surface area contributed by atoms with Gasteiger partial charge in [-0.1, -0.05) is 6.07 Å². The molecule has 0 saturated heterocycles. The Morgan fingerprint density at radius 2 is 1.83 bits per heavy atom. The molecule has 0 aliphatic carbocycles. The van der Waals surface area contributed by atoms with Crippen LogP contribution in [0.4, 0.5) is 19.0 Å². The smallest absolute Gasteiger partial charge is 0.383 e. The van der Waals surface area contributed by atoms with Gasteiger partial charge >= 0.3 is 6.18 Å². The van der Waals surface area contributed by atoms with E-state index in [1.54, 1.807) is 17.7 Å². The van der Waals surface area contributed by atoms with Crippen molar-refractivity contribution in [3.05, 3.63) is 53.9 Å². The molecule has 0 amide bonds. The van der Waals surface area contributed by atoms with Crippen molar-refractivity contribution in [2.24, 2.45) is 0 Å². The number of H-pyrrole nitrogens is 1. The fourth-order valence-corrected chi connectivity index (χ4v) is 3.88. The van der Waals surface area contributed by atoms with Crippen LogP contribution in [0.2, 0.25) is 0 Å². The van der Waals surface area contributed by atoms with Crippen LogP contribution in [0.15, 0.2) is 47.5 Å². The molecule has 0 saturated carbocycles. The Morgan fingerprint density at radius 1 is 1.10 bits per heavy atom. The number of pyridine rings is 1. The molecule has 29 heavy (non-hydrogen) atoms. The maximum absolute atomic E-state index is 12.4. The number of aryl methyl sites for hydroxylation is 2. The summed E-state index contributed by atoms with van der Waals surface area (Å²) in [5, 5.41) is 0. The van der Waals surface area contributed by atoms with Crippen LogP contribution in [0.3, 0.4) is 0 Å². The average Bonchev–Trinajstić information content (AvgIpc) is 3.06.